The molecule has 0 unspecified atom stereocenters. The van der Waals surface area contributed by atoms with Gasteiger partial charge in [0.05, 0.1) is 17.1 Å². The molecule has 2 nitrogen and oxygen atoms in total. The van der Waals surface area contributed by atoms with E-state index in [9.17, 15) is 13.2 Å². The van der Waals surface area contributed by atoms with E-state index in [4.69, 9.17) is 16.3 Å². The molecule has 0 aliphatic carbocycles. The first-order valence-corrected chi connectivity index (χ1v) is 6.70. The van der Waals surface area contributed by atoms with E-state index < -0.39 is 11.7 Å². The topological polar surface area (TPSA) is 22.1 Å². The van der Waals surface area contributed by atoms with Crippen molar-refractivity contribution < 1.29 is 17.9 Å². The lowest BCUT2D eigenvalue weighted by molar-refractivity contribution is -0.137. The van der Waals surface area contributed by atoms with Gasteiger partial charge in [-0.15, -0.1) is 22.9 Å². The van der Waals surface area contributed by atoms with Crippen molar-refractivity contribution in [1.82, 2.24) is 4.98 Å². The van der Waals surface area contributed by atoms with E-state index in [-0.39, 0.29) is 12.4 Å². The maximum absolute atomic E-state index is 12.5. The molecule has 0 atom stereocenters. The molecule has 1 aromatic heterocycles. The third-order valence-electron chi connectivity index (χ3n) is 2.26. The minimum absolute atomic E-state index is 0.128. The Bertz CT molecular complexity index is 556. The highest BCUT2D eigenvalue weighted by molar-refractivity contribution is 7.09. The fraction of sp³-hybridized carbons (Fsp3) is 0.250. The molecule has 0 aliphatic rings. The summed E-state index contributed by atoms with van der Waals surface area (Å²) in [5, 5.41) is 2.46. The zero-order chi connectivity index (χ0) is 13.9. The van der Waals surface area contributed by atoms with Gasteiger partial charge >= 0.3 is 6.18 Å². The number of halogens is 4. The fourth-order valence-electron chi connectivity index (χ4n) is 1.38. The normalized spacial score (nSPS) is 11.6. The summed E-state index contributed by atoms with van der Waals surface area (Å²) in [4.78, 5) is 4.15. The molecule has 0 amide bonds. The molecule has 1 aromatic carbocycles. The Kier molecular flexibility index (Phi) is 4.31. The van der Waals surface area contributed by atoms with Crippen molar-refractivity contribution in [3.05, 3.63) is 45.9 Å². The van der Waals surface area contributed by atoms with Crippen LogP contribution in [0, 0.1) is 0 Å². The van der Waals surface area contributed by atoms with Gasteiger partial charge in [-0.05, 0) is 18.2 Å². The van der Waals surface area contributed by atoms with Gasteiger partial charge in [0, 0.05) is 5.38 Å². The number of thiazole rings is 1. The van der Waals surface area contributed by atoms with E-state index in [0.29, 0.717) is 10.9 Å². The molecule has 1 heterocycles. The van der Waals surface area contributed by atoms with Crippen LogP contribution in [0.5, 0.6) is 5.75 Å². The zero-order valence-electron chi connectivity index (χ0n) is 9.58. The monoisotopic (exact) mass is 307 g/mol. The van der Waals surface area contributed by atoms with E-state index in [1.54, 1.807) is 5.38 Å². The largest absolute Gasteiger partial charge is 0.486 e. The molecule has 0 spiro atoms. The Labute approximate surface area is 116 Å². The van der Waals surface area contributed by atoms with Crippen molar-refractivity contribution >= 4 is 22.9 Å². The van der Waals surface area contributed by atoms with Crippen molar-refractivity contribution in [2.75, 3.05) is 0 Å². The Balaban J connectivity index is 2.03. The van der Waals surface area contributed by atoms with Crippen LogP contribution in [0.1, 0.15) is 16.3 Å². The van der Waals surface area contributed by atoms with E-state index in [1.165, 1.54) is 23.5 Å². The van der Waals surface area contributed by atoms with E-state index in [1.807, 2.05) is 0 Å². The molecular weight excluding hydrogens is 299 g/mol. The number of hydrogen-bond donors (Lipinski definition) is 0. The number of aromatic nitrogens is 1. The van der Waals surface area contributed by atoms with Gasteiger partial charge in [0.1, 0.15) is 17.4 Å². The highest BCUT2D eigenvalue weighted by Crippen LogP contribution is 2.31. The quantitative estimate of drug-likeness (QED) is 0.777. The van der Waals surface area contributed by atoms with Crippen LogP contribution in [-0.2, 0) is 18.7 Å². The molecule has 102 valence electrons. The number of hydrogen-bond acceptors (Lipinski definition) is 3. The van der Waals surface area contributed by atoms with Crippen LogP contribution in [0.2, 0.25) is 0 Å². The average molecular weight is 308 g/mol. The Morgan fingerprint density at radius 2 is 2.11 bits per heavy atom. The lowest BCUT2D eigenvalue weighted by Gasteiger charge is -2.09. The van der Waals surface area contributed by atoms with Crippen molar-refractivity contribution in [2.24, 2.45) is 0 Å². The van der Waals surface area contributed by atoms with Crippen molar-refractivity contribution in [3.63, 3.8) is 0 Å². The van der Waals surface area contributed by atoms with E-state index in [2.05, 4.69) is 4.98 Å². The molecular formula is C12H9ClF3NOS. The molecule has 0 aliphatic heterocycles. The minimum Gasteiger partial charge on any atom is -0.486 e. The summed E-state index contributed by atoms with van der Waals surface area (Å²) in [6, 6.07) is 4.76. The second kappa shape index (κ2) is 5.79. The lowest BCUT2D eigenvalue weighted by atomic mass is 10.2. The standard InChI is InChI=1S/C12H9ClF3NOS/c13-5-9-7-19-11(17-9)6-18-10-3-1-2-8(4-10)12(14,15)16/h1-4,7H,5-6H2. The average Bonchev–Trinajstić information content (AvgIpc) is 2.84. The summed E-state index contributed by atoms with van der Waals surface area (Å²) < 4.78 is 42.8. The van der Waals surface area contributed by atoms with Crippen LogP contribution >= 0.6 is 22.9 Å². The SMILES string of the molecule is FC(F)(F)c1cccc(OCc2nc(CCl)cs2)c1. The van der Waals surface area contributed by atoms with Gasteiger partial charge in [-0.1, -0.05) is 6.07 Å². The maximum Gasteiger partial charge on any atom is 0.416 e. The highest BCUT2D eigenvalue weighted by Gasteiger charge is 2.30. The summed E-state index contributed by atoms with van der Waals surface area (Å²) in [5.74, 6) is 0.470. The summed E-state index contributed by atoms with van der Waals surface area (Å²) >= 11 is 6.97. The number of ether oxygens (including phenoxy) is 1. The number of rotatable bonds is 4. The molecule has 7 heteroatoms. The van der Waals surface area contributed by atoms with Crippen LogP contribution in [0.4, 0.5) is 13.2 Å². The predicted molar refractivity (Wildman–Crippen MR) is 67.4 cm³/mol. The van der Waals surface area contributed by atoms with E-state index in [0.717, 1.165) is 17.8 Å². The van der Waals surface area contributed by atoms with Crippen molar-refractivity contribution in [2.45, 2.75) is 18.7 Å². The van der Waals surface area contributed by atoms with Crippen molar-refractivity contribution in [3.8, 4) is 5.75 Å². The predicted octanol–water partition coefficient (Wildman–Crippen LogP) is 4.48. The van der Waals surface area contributed by atoms with Crippen LogP contribution < -0.4 is 4.74 Å². The first-order chi connectivity index (χ1) is 8.99. The second-order valence-corrected chi connectivity index (χ2v) is 4.89. The van der Waals surface area contributed by atoms with E-state index >= 15 is 0 Å². The summed E-state index contributed by atoms with van der Waals surface area (Å²) in [6.45, 7) is 0.128. The molecule has 0 bridgehead atoms. The highest BCUT2D eigenvalue weighted by atomic mass is 35.5. The first-order valence-electron chi connectivity index (χ1n) is 5.28. The maximum atomic E-state index is 12.5. The molecule has 2 rings (SSSR count). The van der Waals surface area contributed by atoms with Gasteiger partial charge in [0.15, 0.2) is 0 Å². The van der Waals surface area contributed by atoms with Crippen LogP contribution in [0.25, 0.3) is 0 Å². The molecule has 19 heavy (non-hydrogen) atoms. The number of alkyl halides is 4. The van der Waals surface area contributed by atoms with Gasteiger partial charge in [-0.25, -0.2) is 4.98 Å². The fourth-order valence-corrected chi connectivity index (χ4v) is 2.32. The lowest BCUT2D eigenvalue weighted by Crippen LogP contribution is -2.05. The van der Waals surface area contributed by atoms with Crippen molar-refractivity contribution in [1.29, 1.82) is 0 Å². The zero-order valence-corrected chi connectivity index (χ0v) is 11.1. The Morgan fingerprint density at radius 3 is 2.74 bits per heavy atom. The van der Waals surface area contributed by atoms with Gasteiger partial charge in [0.2, 0.25) is 0 Å². The summed E-state index contributed by atoms with van der Waals surface area (Å²) in [6.07, 6.45) is -4.37. The smallest absolute Gasteiger partial charge is 0.416 e. The van der Waals surface area contributed by atoms with Gasteiger partial charge in [0.25, 0.3) is 0 Å². The Hall–Kier alpha value is -1.27. The molecule has 0 saturated carbocycles. The number of benzene rings is 1. The Morgan fingerprint density at radius 1 is 1.32 bits per heavy atom. The first kappa shape index (κ1) is 14.1. The van der Waals surface area contributed by atoms with Crippen LogP contribution in [0.3, 0.4) is 0 Å². The third kappa shape index (κ3) is 3.84. The summed E-state index contributed by atoms with van der Waals surface area (Å²) in [7, 11) is 0. The molecule has 0 saturated heterocycles. The van der Waals surface area contributed by atoms with Crippen LogP contribution in [-0.4, -0.2) is 4.98 Å². The second-order valence-electron chi connectivity index (χ2n) is 3.68. The molecule has 2 aromatic rings. The molecule has 0 N–H and O–H groups in total. The van der Waals surface area contributed by atoms with Gasteiger partial charge in [-0.2, -0.15) is 13.2 Å². The van der Waals surface area contributed by atoms with Gasteiger partial charge in [-0.3, -0.25) is 0 Å². The minimum atomic E-state index is -4.37. The van der Waals surface area contributed by atoms with Gasteiger partial charge < -0.3 is 4.74 Å². The molecule has 0 fully saturated rings. The molecule has 0 radical (unpaired) electrons. The third-order valence-corrected chi connectivity index (χ3v) is 3.40. The number of nitrogens with zero attached hydrogens (tertiary/aromatic N) is 1. The summed E-state index contributed by atoms with van der Waals surface area (Å²) in [5.41, 5.74) is -0.0000973. The van der Waals surface area contributed by atoms with Crippen LogP contribution in [0.15, 0.2) is 29.6 Å².